The number of nitrogens with two attached hydrogens (primary N) is 1. The van der Waals surface area contributed by atoms with E-state index in [1.807, 2.05) is 12.1 Å². The first kappa shape index (κ1) is 13.6. The zero-order valence-corrected chi connectivity index (χ0v) is 12.1. The second kappa shape index (κ2) is 5.41. The molecule has 100 valence electrons. The third-order valence-corrected chi connectivity index (χ3v) is 4.77. The fourth-order valence-electron chi connectivity index (χ4n) is 2.74. The Labute approximate surface area is 113 Å². The lowest BCUT2D eigenvalue weighted by Crippen LogP contribution is -2.42. The monoisotopic (exact) mass is 267 g/mol. The van der Waals surface area contributed by atoms with Crippen LogP contribution in [0.2, 0.25) is 0 Å². The summed E-state index contributed by atoms with van der Waals surface area (Å²) in [6, 6.07) is 3.96. The minimum absolute atomic E-state index is 0.0816. The minimum atomic E-state index is 0.0816. The van der Waals surface area contributed by atoms with Crippen molar-refractivity contribution in [1.29, 1.82) is 0 Å². The normalized spacial score (nSPS) is 17.1. The molecule has 3 nitrogen and oxygen atoms in total. The Morgan fingerprint density at radius 1 is 1.22 bits per heavy atom. The van der Waals surface area contributed by atoms with Crippen molar-refractivity contribution in [1.82, 2.24) is 0 Å². The second-order valence-corrected chi connectivity index (χ2v) is 5.53. The smallest absolute Gasteiger partial charge is 0.132 e. The number of hydrogen-bond acceptors (Lipinski definition) is 4. The van der Waals surface area contributed by atoms with Crippen LogP contribution in [0.25, 0.3) is 0 Å². The van der Waals surface area contributed by atoms with Gasteiger partial charge in [0.2, 0.25) is 0 Å². The van der Waals surface area contributed by atoms with E-state index in [1.54, 1.807) is 26.0 Å². The van der Waals surface area contributed by atoms with Gasteiger partial charge in [-0.15, -0.1) is 11.8 Å². The summed E-state index contributed by atoms with van der Waals surface area (Å²) in [7, 11) is 3.43. The van der Waals surface area contributed by atoms with Gasteiger partial charge in [0.15, 0.2) is 0 Å². The molecule has 0 aromatic heterocycles. The molecule has 0 bridgehead atoms. The SMILES string of the molecule is COc1ccc(OC)c(C2(CN)CCC2)c1SC. The van der Waals surface area contributed by atoms with Crippen LogP contribution in [0, 0.1) is 0 Å². The highest BCUT2D eigenvalue weighted by Gasteiger charge is 2.41. The van der Waals surface area contributed by atoms with E-state index < -0.39 is 0 Å². The van der Waals surface area contributed by atoms with Crippen molar-refractivity contribution >= 4 is 11.8 Å². The van der Waals surface area contributed by atoms with Crippen molar-refractivity contribution in [3.05, 3.63) is 17.7 Å². The largest absolute Gasteiger partial charge is 0.496 e. The van der Waals surface area contributed by atoms with Crippen LogP contribution in [0.3, 0.4) is 0 Å². The summed E-state index contributed by atoms with van der Waals surface area (Å²) in [6.07, 6.45) is 5.59. The Morgan fingerprint density at radius 2 is 1.83 bits per heavy atom. The number of rotatable bonds is 5. The van der Waals surface area contributed by atoms with Gasteiger partial charge in [-0.2, -0.15) is 0 Å². The Hall–Kier alpha value is -0.870. The molecule has 0 aliphatic heterocycles. The van der Waals surface area contributed by atoms with Crippen LogP contribution in [0.15, 0.2) is 17.0 Å². The van der Waals surface area contributed by atoms with E-state index in [0.29, 0.717) is 6.54 Å². The fraction of sp³-hybridized carbons (Fsp3) is 0.571. The van der Waals surface area contributed by atoms with Crippen molar-refractivity contribution in [3.63, 3.8) is 0 Å². The van der Waals surface area contributed by atoms with E-state index in [0.717, 1.165) is 24.3 Å². The second-order valence-electron chi connectivity index (χ2n) is 4.72. The molecule has 0 spiro atoms. The van der Waals surface area contributed by atoms with Gasteiger partial charge in [0.05, 0.1) is 19.1 Å². The van der Waals surface area contributed by atoms with Gasteiger partial charge in [-0.3, -0.25) is 0 Å². The number of hydrogen-bond donors (Lipinski definition) is 1. The summed E-state index contributed by atoms with van der Waals surface area (Å²) in [6.45, 7) is 0.671. The molecule has 0 radical (unpaired) electrons. The topological polar surface area (TPSA) is 44.5 Å². The molecule has 4 heteroatoms. The molecular weight excluding hydrogens is 246 g/mol. The van der Waals surface area contributed by atoms with Crippen LogP contribution >= 0.6 is 11.8 Å². The lowest BCUT2D eigenvalue weighted by atomic mass is 9.64. The predicted molar refractivity (Wildman–Crippen MR) is 75.9 cm³/mol. The Kier molecular flexibility index (Phi) is 4.07. The van der Waals surface area contributed by atoms with Gasteiger partial charge in [-0.1, -0.05) is 6.42 Å². The molecule has 0 saturated heterocycles. The summed E-state index contributed by atoms with van der Waals surface area (Å²) in [4.78, 5) is 1.17. The molecule has 1 aromatic rings. The quantitative estimate of drug-likeness (QED) is 0.833. The van der Waals surface area contributed by atoms with Crippen LogP contribution < -0.4 is 15.2 Å². The predicted octanol–water partition coefficient (Wildman–Crippen LogP) is 2.81. The molecule has 18 heavy (non-hydrogen) atoms. The van der Waals surface area contributed by atoms with E-state index in [9.17, 15) is 0 Å². The molecule has 2 N–H and O–H groups in total. The molecule has 2 rings (SSSR count). The number of thioether (sulfide) groups is 1. The first-order valence-electron chi connectivity index (χ1n) is 6.22. The Morgan fingerprint density at radius 3 is 2.22 bits per heavy atom. The van der Waals surface area contributed by atoms with Crippen LogP contribution in [-0.2, 0) is 5.41 Å². The van der Waals surface area contributed by atoms with E-state index in [2.05, 4.69) is 6.26 Å². The van der Waals surface area contributed by atoms with Crippen LogP contribution in [0.5, 0.6) is 11.5 Å². The van der Waals surface area contributed by atoms with Gasteiger partial charge in [-0.05, 0) is 31.2 Å². The average Bonchev–Trinajstić information content (AvgIpc) is 2.37. The number of ether oxygens (including phenoxy) is 2. The van der Waals surface area contributed by atoms with Crippen LogP contribution in [-0.4, -0.2) is 27.0 Å². The zero-order valence-electron chi connectivity index (χ0n) is 11.3. The summed E-state index contributed by atoms with van der Waals surface area (Å²) < 4.78 is 11.0. The summed E-state index contributed by atoms with van der Waals surface area (Å²) in [5.41, 5.74) is 7.36. The molecule has 1 saturated carbocycles. The van der Waals surface area contributed by atoms with Gasteiger partial charge < -0.3 is 15.2 Å². The highest BCUT2D eigenvalue weighted by Crippen LogP contribution is 2.51. The zero-order chi connectivity index (χ0) is 13.2. The maximum absolute atomic E-state index is 6.03. The van der Waals surface area contributed by atoms with Crippen molar-refractivity contribution in [2.75, 3.05) is 27.0 Å². The maximum Gasteiger partial charge on any atom is 0.132 e. The lowest BCUT2D eigenvalue weighted by Gasteiger charge is -2.43. The molecule has 1 aromatic carbocycles. The van der Waals surface area contributed by atoms with E-state index >= 15 is 0 Å². The molecule has 0 amide bonds. The Balaban J connectivity index is 2.60. The maximum atomic E-state index is 6.03. The third-order valence-electron chi connectivity index (χ3n) is 3.96. The van der Waals surface area contributed by atoms with Gasteiger partial charge in [0.25, 0.3) is 0 Å². The molecule has 0 heterocycles. The molecule has 1 aliphatic carbocycles. The molecular formula is C14H21NO2S. The van der Waals surface area contributed by atoms with Crippen molar-refractivity contribution < 1.29 is 9.47 Å². The average molecular weight is 267 g/mol. The van der Waals surface area contributed by atoms with E-state index in [-0.39, 0.29) is 5.41 Å². The minimum Gasteiger partial charge on any atom is -0.496 e. The summed E-state index contributed by atoms with van der Waals surface area (Å²) in [5.74, 6) is 1.85. The van der Waals surface area contributed by atoms with Crippen molar-refractivity contribution in [3.8, 4) is 11.5 Å². The van der Waals surface area contributed by atoms with Gasteiger partial charge in [0.1, 0.15) is 11.5 Å². The standard InChI is InChI=1S/C14H21NO2S/c1-16-10-5-6-11(17-2)13(18-3)12(10)14(9-15)7-4-8-14/h5-6H,4,7-9,15H2,1-3H3. The number of methoxy groups -OCH3 is 2. The van der Waals surface area contributed by atoms with Gasteiger partial charge in [0, 0.05) is 17.5 Å². The van der Waals surface area contributed by atoms with Gasteiger partial charge in [-0.25, -0.2) is 0 Å². The lowest BCUT2D eigenvalue weighted by molar-refractivity contribution is 0.237. The molecule has 1 aliphatic rings. The highest BCUT2D eigenvalue weighted by molar-refractivity contribution is 7.98. The molecule has 0 atom stereocenters. The summed E-state index contributed by atoms with van der Waals surface area (Å²) in [5, 5.41) is 0. The summed E-state index contributed by atoms with van der Waals surface area (Å²) >= 11 is 1.71. The van der Waals surface area contributed by atoms with E-state index in [4.69, 9.17) is 15.2 Å². The van der Waals surface area contributed by atoms with Gasteiger partial charge >= 0.3 is 0 Å². The highest BCUT2D eigenvalue weighted by atomic mass is 32.2. The van der Waals surface area contributed by atoms with Crippen molar-refractivity contribution in [2.45, 2.75) is 29.6 Å². The first-order chi connectivity index (χ1) is 8.72. The number of benzene rings is 1. The van der Waals surface area contributed by atoms with Crippen LogP contribution in [0.4, 0.5) is 0 Å². The van der Waals surface area contributed by atoms with E-state index in [1.165, 1.54) is 16.9 Å². The third kappa shape index (κ3) is 1.97. The fourth-order valence-corrected chi connectivity index (χ4v) is 3.61. The Bertz CT molecular complexity index is 425. The first-order valence-corrected chi connectivity index (χ1v) is 7.44. The van der Waals surface area contributed by atoms with Crippen molar-refractivity contribution in [2.24, 2.45) is 5.73 Å². The molecule has 0 unspecified atom stereocenters. The van der Waals surface area contributed by atoms with Crippen LogP contribution in [0.1, 0.15) is 24.8 Å². The molecule has 1 fully saturated rings.